The predicted octanol–water partition coefficient (Wildman–Crippen LogP) is 4.53. The molecule has 0 aliphatic carbocycles. The first-order valence-corrected chi connectivity index (χ1v) is 6.71. The van der Waals surface area contributed by atoms with E-state index in [9.17, 15) is 5.11 Å². The molecule has 17 heavy (non-hydrogen) atoms. The van der Waals surface area contributed by atoms with E-state index in [-0.39, 0.29) is 5.75 Å². The van der Waals surface area contributed by atoms with Crippen molar-refractivity contribution in [3.63, 3.8) is 0 Å². The fraction of sp³-hybridized carbons (Fsp3) is 0.0769. The summed E-state index contributed by atoms with van der Waals surface area (Å²) >= 11 is 6.72. The molecule has 0 heterocycles. The first-order chi connectivity index (χ1) is 8.16. The van der Waals surface area contributed by atoms with Gasteiger partial charge in [-0.25, -0.2) is 0 Å². The molecule has 2 N–H and O–H groups in total. The highest BCUT2D eigenvalue weighted by atomic mass is 79.9. The van der Waals surface area contributed by atoms with E-state index in [0.717, 1.165) is 15.7 Å². The van der Waals surface area contributed by atoms with Crippen LogP contribution in [0.15, 0.2) is 51.4 Å². The second-order valence-corrected chi connectivity index (χ2v) is 5.38. The fourth-order valence-corrected chi connectivity index (χ4v) is 2.82. The molecular weight excluding hydrogens is 346 g/mol. The van der Waals surface area contributed by atoms with Crippen LogP contribution >= 0.6 is 31.9 Å². The predicted molar refractivity (Wildman–Crippen MR) is 77.3 cm³/mol. The van der Waals surface area contributed by atoms with Crippen molar-refractivity contribution in [1.82, 2.24) is 0 Å². The Bertz CT molecular complexity index is 514. The summed E-state index contributed by atoms with van der Waals surface area (Å²) in [4.78, 5) is 0. The Hall–Kier alpha value is -1.00. The summed E-state index contributed by atoms with van der Waals surface area (Å²) < 4.78 is 1.63. The molecule has 0 saturated heterocycles. The number of phenols is 1. The van der Waals surface area contributed by atoms with E-state index < -0.39 is 0 Å². The standard InChI is InChI=1S/C13H11Br2NO/c14-10-6-9(13(17)12(15)7-10)8-16-11-4-2-1-3-5-11/h1-7,16-17H,8H2. The summed E-state index contributed by atoms with van der Waals surface area (Å²) in [6.45, 7) is 0.577. The van der Waals surface area contributed by atoms with Crippen molar-refractivity contribution < 1.29 is 5.11 Å². The monoisotopic (exact) mass is 355 g/mol. The van der Waals surface area contributed by atoms with Crippen LogP contribution in [-0.4, -0.2) is 5.11 Å². The van der Waals surface area contributed by atoms with Gasteiger partial charge in [0.2, 0.25) is 0 Å². The molecule has 0 aliphatic heterocycles. The van der Waals surface area contributed by atoms with Crippen LogP contribution in [0.2, 0.25) is 0 Å². The number of hydrogen-bond acceptors (Lipinski definition) is 2. The average Bonchev–Trinajstić information content (AvgIpc) is 2.33. The summed E-state index contributed by atoms with van der Waals surface area (Å²) in [5, 5.41) is 13.1. The molecule has 0 aromatic heterocycles. The maximum absolute atomic E-state index is 9.89. The highest BCUT2D eigenvalue weighted by Crippen LogP contribution is 2.32. The van der Waals surface area contributed by atoms with Crippen LogP contribution in [0.1, 0.15) is 5.56 Å². The van der Waals surface area contributed by atoms with Crippen molar-refractivity contribution in [3.05, 3.63) is 57.0 Å². The number of para-hydroxylation sites is 1. The lowest BCUT2D eigenvalue weighted by Crippen LogP contribution is -1.99. The number of phenolic OH excluding ortho intramolecular Hbond substituents is 1. The molecule has 4 heteroatoms. The second-order valence-electron chi connectivity index (χ2n) is 3.61. The molecule has 0 fully saturated rings. The third kappa shape index (κ3) is 3.23. The molecule has 2 rings (SSSR count). The summed E-state index contributed by atoms with van der Waals surface area (Å²) in [6.07, 6.45) is 0. The lowest BCUT2D eigenvalue weighted by molar-refractivity contribution is 0.465. The highest BCUT2D eigenvalue weighted by molar-refractivity contribution is 9.11. The lowest BCUT2D eigenvalue weighted by atomic mass is 10.2. The van der Waals surface area contributed by atoms with Gasteiger partial charge in [0.25, 0.3) is 0 Å². The van der Waals surface area contributed by atoms with Gasteiger partial charge in [-0.2, -0.15) is 0 Å². The molecular formula is C13H11Br2NO. The summed E-state index contributed by atoms with van der Waals surface area (Å²) in [7, 11) is 0. The van der Waals surface area contributed by atoms with Gasteiger partial charge in [-0.15, -0.1) is 0 Å². The van der Waals surface area contributed by atoms with E-state index in [1.807, 2.05) is 42.5 Å². The Kier molecular flexibility index (Phi) is 4.07. The molecule has 0 aliphatic rings. The molecule has 2 nitrogen and oxygen atoms in total. The minimum Gasteiger partial charge on any atom is -0.506 e. The van der Waals surface area contributed by atoms with Gasteiger partial charge in [-0.05, 0) is 40.2 Å². The molecule has 0 spiro atoms. The van der Waals surface area contributed by atoms with Gasteiger partial charge in [0.1, 0.15) is 5.75 Å². The average molecular weight is 357 g/mol. The van der Waals surface area contributed by atoms with Crippen LogP contribution < -0.4 is 5.32 Å². The largest absolute Gasteiger partial charge is 0.506 e. The van der Waals surface area contributed by atoms with Gasteiger partial charge in [0, 0.05) is 22.3 Å². The van der Waals surface area contributed by atoms with Crippen molar-refractivity contribution in [2.24, 2.45) is 0 Å². The third-order valence-electron chi connectivity index (χ3n) is 2.36. The number of nitrogens with one attached hydrogen (secondary N) is 1. The Morgan fingerprint density at radius 3 is 2.47 bits per heavy atom. The van der Waals surface area contributed by atoms with E-state index in [2.05, 4.69) is 37.2 Å². The zero-order valence-corrected chi connectivity index (χ0v) is 12.1. The number of aromatic hydroxyl groups is 1. The Labute approximate surface area is 117 Å². The van der Waals surface area contributed by atoms with Crippen molar-refractivity contribution in [2.45, 2.75) is 6.54 Å². The maximum atomic E-state index is 9.89. The lowest BCUT2D eigenvalue weighted by Gasteiger charge is -2.10. The zero-order valence-electron chi connectivity index (χ0n) is 8.95. The van der Waals surface area contributed by atoms with E-state index in [4.69, 9.17) is 0 Å². The smallest absolute Gasteiger partial charge is 0.134 e. The topological polar surface area (TPSA) is 32.3 Å². The molecule has 88 valence electrons. The van der Waals surface area contributed by atoms with Gasteiger partial charge in [0.05, 0.1) is 4.47 Å². The van der Waals surface area contributed by atoms with E-state index in [1.54, 1.807) is 0 Å². The fourth-order valence-electron chi connectivity index (χ4n) is 1.51. The number of halogens is 2. The highest BCUT2D eigenvalue weighted by Gasteiger charge is 2.06. The first kappa shape index (κ1) is 12.5. The van der Waals surface area contributed by atoms with Crippen LogP contribution in [0.3, 0.4) is 0 Å². The van der Waals surface area contributed by atoms with E-state index in [1.165, 1.54) is 0 Å². The summed E-state index contributed by atoms with van der Waals surface area (Å²) in [6, 6.07) is 13.6. The van der Waals surface area contributed by atoms with Gasteiger partial charge in [-0.3, -0.25) is 0 Å². The Morgan fingerprint density at radius 1 is 1.06 bits per heavy atom. The second kappa shape index (κ2) is 5.56. The molecule has 0 saturated carbocycles. The molecule has 0 radical (unpaired) electrons. The van der Waals surface area contributed by atoms with Crippen molar-refractivity contribution in [1.29, 1.82) is 0 Å². The molecule has 0 bridgehead atoms. The van der Waals surface area contributed by atoms with E-state index >= 15 is 0 Å². The van der Waals surface area contributed by atoms with Crippen molar-refractivity contribution in [2.75, 3.05) is 5.32 Å². The normalized spacial score (nSPS) is 10.2. The van der Waals surface area contributed by atoms with Crippen LogP contribution in [-0.2, 0) is 6.54 Å². The van der Waals surface area contributed by atoms with Gasteiger partial charge in [-0.1, -0.05) is 34.1 Å². The first-order valence-electron chi connectivity index (χ1n) is 5.12. The van der Waals surface area contributed by atoms with Crippen molar-refractivity contribution in [3.8, 4) is 5.75 Å². The minimum absolute atomic E-state index is 0.275. The van der Waals surface area contributed by atoms with Gasteiger partial charge >= 0.3 is 0 Å². The van der Waals surface area contributed by atoms with Crippen LogP contribution in [0.4, 0.5) is 5.69 Å². The van der Waals surface area contributed by atoms with Crippen LogP contribution in [0.5, 0.6) is 5.75 Å². The molecule has 2 aromatic carbocycles. The number of benzene rings is 2. The summed E-state index contributed by atoms with van der Waals surface area (Å²) in [5.74, 6) is 0.275. The number of hydrogen-bond donors (Lipinski definition) is 2. The minimum atomic E-state index is 0.275. The quantitative estimate of drug-likeness (QED) is 0.846. The van der Waals surface area contributed by atoms with Gasteiger partial charge in [0.15, 0.2) is 0 Å². The maximum Gasteiger partial charge on any atom is 0.134 e. The Balaban J connectivity index is 2.14. The molecule has 0 amide bonds. The van der Waals surface area contributed by atoms with Crippen molar-refractivity contribution >= 4 is 37.5 Å². The summed E-state index contributed by atoms with van der Waals surface area (Å²) in [5.41, 5.74) is 1.87. The zero-order chi connectivity index (χ0) is 12.3. The number of anilines is 1. The van der Waals surface area contributed by atoms with Crippen LogP contribution in [0, 0.1) is 0 Å². The molecule has 0 unspecified atom stereocenters. The van der Waals surface area contributed by atoms with Crippen LogP contribution in [0.25, 0.3) is 0 Å². The van der Waals surface area contributed by atoms with E-state index in [0.29, 0.717) is 11.0 Å². The molecule has 2 aromatic rings. The molecule has 0 atom stereocenters. The van der Waals surface area contributed by atoms with Gasteiger partial charge < -0.3 is 10.4 Å². The number of rotatable bonds is 3. The SMILES string of the molecule is Oc1c(Br)cc(Br)cc1CNc1ccccc1. The third-order valence-corrected chi connectivity index (χ3v) is 3.43. The Morgan fingerprint density at radius 2 is 1.76 bits per heavy atom.